The van der Waals surface area contributed by atoms with Gasteiger partial charge in [-0.15, -0.1) is 0 Å². The first-order valence-corrected chi connectivity index (χ1v) is 4.23. The number of aromatic hydroxyl groups is 1. The largest absolute Gasteiger partial charge is 0.508 e. The van der Waals surface area contributed by atoms with Crippen molar-refractivity contribution in [2.45, 2.75) is 0 Å². The van der Waals surface area contributed by atoms with Crippen LogP contribution in [0, 0.1) is 0 Å². The molecule has 0 spiro atoms. The maximum Gasteiger partial charge on any atom is 0.230 e. The SMILES string of the molecule is O=C(c1ccc(O)cc1)c1ncncn1. The van der Waals surface area contributed by atoms with Crippen LogP contribution in [0.15, 0.2) is 36.9 Å². The third-order valence-electron chi connectivity index (χ3n) is 1.83. The Morgan fingerprint density at radius 2 is 1.67 bits per heavy atom. The third-order valence-corrected chi connectivity index (χ3v) is 1.83. The first kappa shape index (κ1) is 9.26. The fourth-order valence-electron chi connectivity index (χ4n) is 1.10. The summed E-state index contributed by atoms with van der Waals surface area (Å²) in [6.07, 6.45) is 2.53. The quantitative estimate of drug-likeness (QED) is 0.727. The van der Waals surface area contributed by atoms with Gasteiger partial charge in [0.1, 0.15) is 18.4 Å². The summed E-state index contributed by atoms with van der Waals surface area (Å²) in [6.45, 7) is 0. The van der Waals surface area contributed by atoms with Crippen molar-refractivity contribution in [3.05, 3.63) is 48.3 Å². The molecule has 1 heterocycles. The number of phenols is 1. The van der Waals surface area contributed by atoms with Crippen LogP contribution in [0.25, 0.3) is 0 Å². The van der Waals surface area contributed by atoms with Crippen molar-refractivity contribution in [3.8, 4) is 5.75 Å². The van der Waals surface area contributed by atoms with Crippen molar-refractivity contribution in [1.29, 1.82) is 0 Å². The molecule has 0 aliphatic rings. The van der Waals surface area contributed by atoms with Crippen molar-refractivity contribution >= 4 is 5.78 Å². The Labute approximate surface area is 85.5 Å². The summed E-state index contributed by atoms with van der Waals surface area (Å²) in [4.78, 5) is 22.8. The fourth-order valence-corrected chi connectivity index (χ4v) is 1.10. The second kappa shape index (κ2) is 3.83. The normalized spacial score (nSPS) is 9.87. The summed E-state index contributed by atoms with van der Waals surface area (Å²) in [7, 11) is 0. The van der Waals surface area contributed by atoms with Gasteiger partial charge < -0.3 is 5.11 Å². The van der Waals surface area contributed by atoms with Crippen LogP contribution in [-0.4, -0.2) is 25.8 Å². The van der Waals surface area contributed by atoms with Crippen LogP contribution in [0.5, 0.6) is 5.75 Å². The summed E-state index contributed by atoms with van der Waals surface area (Å²) >= 11 is 0. The first-order valence-electron chi connectivity index (χ1n) is 4.23. The van der Waals surface area contributed by atoms with Crippen LogP contribution < -0.4 is 0 Å². The molecule has 0 aliphatic carbocycles. The van der Waals surface area contributed by atoms with Gasteiger partial charge in [-0.05, 0) is 24.3 Å². The molecule has 2 aromatic rings. The molecule has 1 aromatic carbocycles. The maximum atomic E-state index is 11.7. The van der Waals surface area contributed by atoms with Gasteiger partial charge in [0.05, 0.1) is 0 Å². The number of aromatic nitrogens is 3. The number of rotatable bonds is 2. The molecule has 0 radical (unpaired) electrons. The first-order chi connectivity index (χ1) is 7.27. The average Bonchev–Trinajstić information content (AvgIpc) is 2.30. The summed E-state index contributed by atoms with van der Waals surface area (Å²) in [5.74, 6) is -0.0877. The molecule has 0 bridgehead atoms. The van der Waals surface area contributed by atoms with Gasteiger partial charge in [-0.25, -0.2) is 15.0 Å². The van der Waals surface area contributed by atoms with Crippen molar-refractivity contribution in [1.82, 2.24) is 15.0 Å². The number of nitrogens with zero attached hydrogens (tertiary/aromatic N) is 3. The van der Waals surface area contributed by atoms with E-state index in [0.717, 1.165) is 0 Å². The van der Waals surface area contributed by atoms with E-state index in [4.69, 9.17) is 5.11 Å². The molecule has 1 N–H and O–H groups in total. The lowest BCUT2D eigenvalue weighted by Gasteiger charge is -1.98. The van der Waals surface area contributed by atoms with Crippen molar-refractivity contribution in [2.24, 2.45) is 0 Å². The number of hydrogen-bond acceptors (Lipinski definition) is 5. The van der Waals surface area contributed by atoms with E-state index in [1.807, 2.05) is 0 Å². The fraction of sp³-hybridized carbons (Fsp3) is 0. The molecule has 5 heteroatoms. The molecule has 0 amide bonds. The predicted octanol–water partition coefficient (Wildman–Crippen LogP) is 0.808. The van der Waals surface area contributed by atoms with Gasteiger partial charge in [0.15, 0.2) is 0 Å². The number of ketones is 1. The molecular weight excluding hydrogens is 194 g/mol. The second-order valence-corrected chi connectivity index (χ2v) is 2.84. The highest BCUT2D eigenvalue weighted by Gasteiger charge is 2.10. The highest BCUT2D eigenvalue weighted by Crippen LogP contribution is 2.11. The van der Waals surface area contributed by atoms with Gasteiger partial charge >= 0.3 is 0 Å². The smallest absolute Gasteiger partial charge is 0.230 e. The Morgan fingerprint density at radius 3 is 2.27 bits per heavy atom. The zero-order valence-corrected chi connectivity index (χ0v) is 7.66. The Morgan fingerprint density at radius 1 is 1.07 bits per heavy atom. The van der Waals surface area contributed by atoms with E-state index in [1.165, 1.54) is 36.9 Å². The van der Waals surface area contributed by atoms with Gasteiger partial charge in [-0.1, -0.05) is 0 Å². The Balaban J connectivity index is 2.33. The second-order valence-electron chi connectivity index (χ2n) is 2.84. The van der Waals surface area contributed by atoms with Crippen LogP contribution in [0.2, 0.25) is 0 Å². The van der Waals surface area contributed by atoms with Crippen LogP contribution in [0.4, 0.5) is 0 Å². The van der Waals surface area contributed by atoms with Gasteiger partial charge in [0.25, 0.3) is 0 Å². The standard InChI is InChI=1S/C10H7N3O2/c14-8-3-1-7(2-4-8)9(15)10-12-5-11-6-13-10/h1-6,14H. The monoisotopic (exact) mass is 201 g/mol. The van der Waals surface area contributed by atoms with Crippen molar-refractivity contribution < 1.29 is 9.90 Å². The summed E-state index contributed by atoms with van der Waals surface area (Å²) < 4.78 is 0. The summed E-state index contributed by atoms with van der Waals surface area (Å²) in [5.41, 5.74) is 0.430. The maximum absolute atomic E-state index is 11.7. The topological polar surface area (TPSA) is 76.0 Å². The number of hydrogen-bond donors (Lipinski definition) is 1. The lowest BCUT2D eigenvalue weighted by atomic mass is 10.1. The molecule has 0 saturated heterocycles. The molecule has 0 unspecified atom stereocenters. The predicted molar refractivity (Wildman–Crippen MR) is 51.4 cm³/mol. The molecule has 2 rings (SSSR count). The number of benzene rings is 1. The summed E-state index contributed by atoms with van der Waals surface area (Å²) in [6, 6.07) is 5.91. The molecule has 15 heavy (non-hydrogen) atoms. The van der Waals surface area contributed by atoms with Gasteiger partial charge in [-0.2, -0.15) is 0 Å². The van der Waals surface area contributed by atoms with E-state index >= 15 is 0 Å². The van der Waals surface area contributed by atoms with Gasteiger partial charge in [0, 0.05) is 5.56 Å². The van der Waals surface area contributed by atoms with Crippen molar-refractivity contribution in [3.63, 3.8) is 0 Å². The molecule has 74 valence electrons. The molecule has 0 fully saturated rings. The molecule has 0 atom stereocenters. The lowest BCUT2D eigenvalue weighted by Crippen LogP contribution is -2.06. The minimum Gasteiger partial charge on any atom is -0.508 e. The average molecular weight is 201 g/mol. The zero-order chi connectivity index (χ0) is 10.7. The van der Waals surface area contributed by atoms with E-state index in [9.17, 15) is 4.79 Å². The molecule has 0 aliphatic heterocycles. The van der Waals surface area contributed by atoms with E-state index in [1.54, 1.807) is 0 Å². The van der Waals surface area contributed by atoms with Crippen LogP contribution in [-0.2, 0) is 0 Å². The summed E-state index contributed by atoms with van der Waals surface area (Å²) in [5, 5.41) is 9.06. The molecule has 1 aromatic heterocycles. The van der Waals surface area contributed by atoms with Crippen LogP contribution in [0.3, 0.4) is 0 Å². The zero-order valence-electron chi connectivity index (χ0n) is 7.66. The van der Waals surface area contributed by atoms with Crippen LogP contribution in [0.1, 0.15) is 16.2 Å². The highest BCUT2D eigenvalue weighted by atomic mass is 16.3. The minimum absolute atomic E-state index is 0.0932. The van der Waals surface area contributed by atoms with Crippen molar-refractivity contribution in [2.75, 3.05) is 0 Å². The van der Waals surface area contributed by atoms with E-state index in [2.05, 4.69) is 15.0 Å². The lowest BCUT2D eigenvalue weighted by molar-refractivity contribution is 0.102. The molecule has 0 saturated carbocycles. The molecular formula is C10H7N3O2. The van der Waals surface area contributed by atoms with Gasteiger partial charge in [0.2, 0.25) is 11.6 Å². The Kier molecular flexibility index (Phi) is 2.37. The van der Waals surface area contributed by atoms with Gasteiger partial charge in [-0.3, -0.25) is 4.79 Å². The number of carbonyl (C=O) groups is 1. The highest BCUT2D eigenvalue weighted by molar-refractivity contribution is 6.06. The number of phenolic OH excluding ortho intramolecular Hbond substituents is 1. The Hall–Kier alpha value is -2.30. The van der Waals surface area contributed by atoms with E-state index < -0.39 is 0 Å². The van der Waals surface area contributed by atoms with E-state index in [0.29, 0.717) is 5.56 Å². The number of carbonyl (C=O) groups excluding carboxylic acids is 1. The van der Waals surface area contributed by atoms with E-state index in [-0.39, 0.29) is 17.4 Å². The minimum atomic E-state index is -0.294. The third kappa shape index (κ3) is 1.96. The Bertz CT molecular complexity index is 468. The molecule has 5 nitrogen and oxygen atoms in total. The van der Waals surface area contributed by atoms with Crippen LogP contribution >= 0.6 is 0 Å².